The number of aromatic nitrogens is 6. The molecule has 0 amide bonds. The van der Waals surface area contributed by atoms with Crippen LogP contribution in [-0.2, 0) is 27.2 Å². The van der Waals surface area contributed by atoms with E-state index in [0.717, 1.165) is 48.7 Å². The normalized spacial score (nSPS) is 13.7. The first-order valence-corrected chi connectivity index (χ1v) is 25.0. The number of hydrogen-bond donors (Lipinski definition) is 0. The Hall–Kier alpha value is -4.56. The molecule has 4 aromatic carbocycles. The number of para-hydroxylation sites is 6. The van der Waals surface area contributed by atoms with Gasteiger partial charge in [0.15, 0.2) is 8.24 Å². The zero-order chi connectivity index (χ0) is 37.2. The molecule has 0 aliphatic carbocycles. The summed E-state index contributed by atoms with van der Waals surface area (Å²) in [4.78, 5) is 9.19. The van der Waals surface area contributed by atoms with Crippen LogP contribution in [0.5, 0.6) is 0 Å². The van der Waals surface area contributed by atoms with Crippen molar-refractivity contribution in [1.29, 1.82) is 0 Å². The second-order valence-electron chi connectivity index (χ2n) is 15.2. The second kappa shape index (κ2) is 16.4. The van der Waals surface area contributed by atoms with Gasteiger partial charge < -0.3 is 23.9 Å². The average molecular weight is 928 g/mol. The predicted molar refractivity (Wildman–Crippen MR) is 218 cm³/mol. The van der Waals surface area contributed by atoms with Crippen LogP contribution in [0.15, 0.2) is 97.1 Å². The van der Waals surface area contributed by atoms with Gasteiger partial charge in [-0.25, -0.2) is 10.9 Å². The van der Waals surface area contributed by atoms with E-state index in [0.29, 0.717) is 0 Å². The molecule has 8 rings (SSSR count). The van der Waals surface area contributed by atoms with Gasteiger partial charge >= 0.3 is 0 Å². The number of benzene rings is 4. The van der Waals surface area contributed by atoms with Crippen molar-refractivity contribution in [3.63, 3.8) is 0 Å². The fraction of sp³-hybridized carbons (Fsp3) is 0.268. The summed E-state index contributed by atoms with van der Waals surface area (Å²) in [7, 11) is -1.18. The van der Waals surface area contributed by atoms with Crippen molar-refractivity contribution in [3.05, 3.63) is 135 Å². The van der Waals surface area contributed by atoms with Crippen molar-refractivity contribution >= 4 is 50.6 Å². The molecule has 4 heterocycles. The maximum absolute atomic E-state index is 4.48. The first kappa shape index (κ1) is 39.1. The van der Waals surface area contributed by atoms with Gasteiger partial charge in [0.2, 0.25) is 0 Å². The molecule has 10 nitrogen and oxygen atoms in total. The molecule has 2 aliphatic rings. The van der Waals surface area contributed by atoms with Gasteiger partial charge in [-0.15, -0.1) is 22.3 Å². The van der Waals surface area contributed by atoms with Crippen LogP contribution in [0.25, 0.3) is 11.4 Å². The second-order valence-corrected chi connectivity index (χ2v) is 24.8. The van der Waals surface area contributed by atoms with Crippen LogP contribution in [0, 0.1) is 37.9 Å². The molecule has 0 N–H and O–H groups in total. The molecule has 2 aromatic heterocycles. The van der Waals surface area contributed by atoms with Crippen molar-refractivity contribution in [1.82, 2.24) is 24.6 Å². The summed E-state index contributed by atoms with van der Waals surface area (Å²) < 4.78 is 5.62. The van der Waals surface area contributed by atoms with Crippen LogP contribution in [0.3, 0.4) is 0 Å². The Balaban J connectivity index is 0.000000213. The number of fused-ring (bicyclic) bond motifs is 2. The molecule has 54 heavy (non-hydrogen) atoms. The monoisotopic (exact) mass is 928 g/mol. The molecule has 0 spiro atoms. The summed E-state index contributed by atoms with van der Waals surface area (Å²) in [6.07, 6.45) is 8.74. The molecule has 0 saturated carbocycles. The molecule has 1 radical (unpaired) electrons. The zero-order valence-corrected chi connectivity index (χ0v) is 36.4. The first-order chi connectivity index (χ1) is 25.5. The molecule has 0 unspecified atom stereocenters. The topological polar surface area (TPSA) is 65.4 Å². The number of hydrogen-bond acceptors (Lipinski definition) is 7. The van der Waals surface area contributed by atoms with Gasteiger partial charge in [0.1, 0.15) is 0 Å². The Morgan fingerprint density at radius 2 is 1.15 bits per heavy atom. The Labute approximate surface area is 336 Å². The maximum Gasteiger partial charge on any atom is 0.258 e. The molecule has 0 atom stereocenters. The number of rotatable bonds is 10. The van der Waals surface area contributed by atoms with E-state index in [1.54, 1.807) is 4.68 Å². The van der Waals surface area contributed by atoms with E-state index in [-0.39, 0.29) is 20.1 Å². The van der Waals surface area contributed by atoms with Crippen molar-refractivity contribution in [3.8, 4) is 11.4 Å². The number of anilines is 6. The van der Waals surface area contributed by atoms with E-state index in [1.807, 2.05) is 40.0 Å². The fourth-order valence-electron chi connectivity index (χ4n) is 6.24. The van der Waals surface area contributed by atoms with Crippen LogP contribution >= 0.6 is 0 Å². The molecule has 283 valence electrons. The summed E-state index contributed by atoms with van der Waals surface area (Å²) in [5, 5.41) is 12.9. The molecule has 0 bridgehead atoms. The smallest absolute Gasteiger partial charge is 0.258 e. The van der Waals surface area contributed by atoms with Gasteiger partial charge in [0.05, 0.1) is 7.05 Å². The van der Waals surface area contributed by atoms with Crippen molar-refractivity contribution in [2.45, 2.75) is 52.1 Å². The molecule has 0 saturated heterocycles. The van der Waals surface area contributed by atoms with Crippen LogP contribution < -0.4 is 23.9 Å². The van der Waals surface area contributed by atoms with E-state index in [9.17, 15) is 0 Å². The Morgan fingerprint density at radius 3 is 1.56 bits per heavy atom. The molecule has 2 aliphatic heterocycles. The van der Waals surface area contributed by atoms with E-state index in [4.69, 9.17) is 0 Å². The minimum atomic E-state index is -1.55. The molecular weight excluding hydrogens is 881 g/mol. The Morgan fingerprint density at radius 1 is 0.667 bits per heavy atom. The maximum atomic E-state index is 4.48. The van der Waals surface area contributed by atoms with Gasteiger partial charge in [0.25, 0.3) is 8.24 Å². The summed E-state index contributed by atoms with van der Waals surface area (Å²) in [6, 6.07) is 40.2. The van der Waals surface area contributed by atoms with Gasteiger partial charge in [-0.1, -0.05) is 50.1 Å². The summed E-state index contributed by atoms with van der Waals surface area (Å²) in [5.74, 6) is 0. The minimum Gasteiger partial charge on any atom is -0.501 e. The van der Waals surface area contributed by atoms with Gasteiger partial charge in [0, 0.05) is 48.1 Å². The Kier molecular flexibility index (Phi) is 11.9. The van der Waals surface area contributed by atoms with E-state index < -0.39 is 16.5 Å². The van der Waals surface area contributed by atoms with E-state index in [1.165, 1.54) is 22.7 Å². The van der Waals surface area contributed by atoms with Crippen molar-refractivity contribution < 1.29 is 24.5 Å². The third-order valence-corrected chi connectivity index (χ3v) is 12.0. The molecular formula is C41H47IrN10Si2-5. The minimum absolute atomic E-state index is 0. The van der Waals surface area contributed by atoms with Gasteiger partial charge in [-0.3, -0.25) is 9.45 Å². The number of aryl methyl sites for hydroxylation is 1. The van der Waals surface area contributed by atoms with Crippen LogP contribution in [0.4, 0.5) is 34.1 Å². The third kappa shape index (κ3) is 8.54. The zero-order valence-electron chi connectivity index (χ0n) is 32.0. The standard InChI is InChI=1S/C30H26N4.C11H21N6Si2.Ir/c1-3-13-25(14-4-1)33-23-31(27-17-7-9-19-29(27)33)21-11-12-22-32-24-34(26-15-5-2-6-16-26)30-20-10-8-18-28(30)32;1-15-11(9-17(14-15)19(5,6)7)10-8-16(13-12-10)18(2,3)4;/h1-10,13,15,17-20,23-24H,11-12,21-22H2;1-7H3;/q-4;-1;. The fourth-order valence-corrected chi connectivity index (χ4v) is 7.84. The molecule has 6 aromatic rings. The van der Waals surface area contributed by atoms with Gasteiger partial charge in [-0.05, 0) is 69.8 Å². The largest absolute Gasteiger partial charge is 0.501 e. The van der Waals surface area contributed by atoms with Crippen molar-refractivity contribution in [2.75, 3.05) is 32.7 Å². The van der Waals surface area contributed by atoms with Crippen molar-refractivity contribution in [2.24, 2.45) is 7.05 Å². The third-order valence-electron chi connectivity index (χ3n) is 9.06. The van der Waals surface area contributed by atoms with Crippen LogP contribution in [0.2, 0.25) is 39.3 Å². The number of nitrogens with zero attached hydrogens (tertiary/aromatic N) is 10. The summed E-state index contributed by atoms with van der Waals surface area (Å²) in [6.45, 7) is 19.7. The number of unbranched alkanes of at least 4 members (excludes halogenated alkanes) is 1. The average Bonchev–Trinajstić information content (AvgIpc) is 3.95. The summed E-state index contributed by atoms with van der Waals surface area (Å²) in [5.41, 5.74) is 8.62. The van der Waals surface area contributed by atoms with Gasteiger partial charge in [-0.2, -0.15) is 79.7 Å². The summed E-state index contributed by atoms with van der Waals surface area (Å²) >= 11 is 0. The van der Waals surface area contributed by atoms with Crippen LogP contribution in [-0.4, -0.2) is 54.1 Å². The quantitative estimate of drug-likeness (QED) is 0.0789. The van der Waals surface area contributed by atoms with E-state index >= 15 is 0 Å². The predicted octanol–water partition coefficient (Wildman–Crippen LogP) is 7.85. The Bertz CT molecular complexity index is 2030. The first-order valence-electron chi connectivity index (χ1n) is 18.2. The molecule has 13 heteroatoms. The van der Waals surface area contributed by atoms with E-state index in [2.05, 4.69) is 185 Å². The molecule has 0 fully saturated rings. The SMILES string of the molecule is Cn1n[n+]([Si](C)(C)C)[c-]c1-c1[c-]n([Si](C)(C)C)nn1.[Ir].[c-]1ccccc1N1[CH-]N(CCCCN2[CH-]N(c3[c-]cccc3)c3ccccc32)c2ccccc21. The van der Waals surface area contributed by atoms with Crippen LogP contribution in [0.1, 0.15) is 12.8 Å².